The molecule has 0 aliphatic carbocycles. The molecular weight excluding hydrogens is 419 g/mol. The zero-order valence-corrected chi connectivity index (χ0v) is 16.1. The highest BCUT2D eigenvalue weighted by Crippen LogP contribution is 2.35. The second-order valence-corrected chi connectivity index (χ2v) is 6.60. The van der Waals surface area contributed by atoms with E-state index in [9.17, 15) is 19.5 Å². The van der Waals surface area contributed by atoms with Crippen LogP contribution in [0.4, 0.5) is 10.5 Å². The highest BCUT2D eigenvalue weighted by molar-refractivity contribution is 6.40. The lowest BCUT2D eigenvalue weighted by atomic mass is 10.1. The maximum atomic E-state index is 12.8. The van der Waals surface area contributed by atoms with Crippen LogP contribution in [0.3, 0.4) is 0 Å². The van der Waals surface area contributed by atoms with E-state index in [-0.39, 0.29) is 39.4 Å². The molecule has 1 fully saturated rings. The van der Waals surface area contributed by atoms with Gasteiger partial charge in [0.1, 0.15) is 17.9 Å². The van der Waals surface area contributed by atoms with Crippen molar-refractivity contribution in [1.29, 1.82) is 0 Å². The Bertz CT molecular complexity index is 1060. The smallest absolute Gasteiger partial charge is 0.335 e. The summed E-state index contributed by atoms with van der Waals surface area (Å²) >= 11 is 12.3. The monoisotopic (exact) mass is 430 g/mol. The number of nitrogens with one attached hydrogen (secondary N) is 1. The number of hydrogen-bond acceptors (Lipinski definition) is 5. The number of rotatable bonds is 4. The van der Waals surface area contributed by atoms with Crippen LogP contribution in [-0.4, -0.2) is 29.6 Å². The highest BCUT2D eigenvalue weighted by atomic mass is 35.5. The molecule has 2 aromatic rings. The summed E-state index contributed by atoms with van der Waals surface area (Å²) in [5, 5.41) is 11.8. The summed E-state index contributed by atoms with van der Waals surface area (Å²) in [5.41, 5.74) is 0.214. The number of imide groups is 2. The van der Waals surface area contributed by atoms with Crippen molar-refractivity contribution < 1.29 is 24.2 Å². The Morgan fingerprint density at radius 3 is 2.34 bits per heavy atom. The van der Waals surface area contributed by atoms with Crippen LogP contribution in [0, 0.1) is 12.3 Å². The normalized spacial score (nSPS) is 15.3. The first-order valence-electron chi connectivity index (χ1n) is 8.07. The average molecular weight is 431 g/mol. The van der Waals surface area contributed by atoms with E-state index in [1.165, 1.54) is 42.5 Å². The number of phenols is 1. The van der Waals surface area contributed by atoms with E-state index in [1.54, 1.807) is 0 Å². The lowest BCUT2D eigenvalue weighted by Gasteiger charge is -2.26. The number of carbonyl (C=O) groups excluding carboxylic acids is 3. The minimum absolute atomic E-state index is 0.0372. The summed E-state index contributed by atoms with van der Waals surface area (Å²) in [6.45, 7) is -0.0372. The summed E-state index contributed by atoms with van der Waals surface area (Å²) in [6, 6.07) is 7.32. The van der Waals surface area contributed by atoms with E-state index in [1.807, 2.05) is 0 Å². The van der Waals surface area contributed by atoms with Crippen LogP contribution in [0.15, 0.2) is 42.0 Å². The Hall–Kier alpha value is -3.47. The minimum Gasteiger partial charge on any atom is -0.508 e. The molecular formula is C20H12Cl2N2O5. The SMILES string of the molecule is C#CCOc1c(Cl)cc(/C=C2/C(=O)NC(=O)N(c3ccc(O)cc3)C2=O)cc1Cl. The molecule has 3 rings (SSSR count). The van der Waals surface area contributed by atoms with Crippen molar-refractivity contribution >= 4 is 52.8 Å². The van der Waals surface area contributed by atoms with Gasteiger partial charge in [0.15, 0.2) is 5.75 Å². The van der Waals surface area contributed by atoms with Gasteiger partial charge in [-0.05, 0) is 48.0 Å². The number of amides is 4. The molecule has 2 aromatic carbocycles. The van der Waals surface area contributed by atoms with Crippen molar-refractivity contribution in [3.05, 3.63) is 57.6 Å². The van der Waals surface area contributed by atoms with Gasteiger partial charge in [-0.15, -0.1) is 6.42 Å². The van der Waals surface area contributed by atoms with Crippen molar-refractivity contribution in [2.75, 3.05) is 11.5 Å². The molecule has 1 aliphatic rings. The fourth-order valence-electron chi connectivity index (χ4n) is 2.57. The average Bonchev–Trinajstić information content (AvgIpc) is 2.66. The van der Waals surface area contributed by atoms with Crippen molar-refractivity contribution in [2.24, 2.45) is 0 Å². The second kappa shape index (κ2) is 8.27. The van der Waals surface area contributed by atoms with Gasteiger partial charge in [0.25, 0.3) is 11.8 Å². The van der Waals surface area contributed by atoms with Gasteiger partial charge in [-0.1, -0.05) is 29.1 Å². The molecule has 7 nitrogen and oxygen atoms in total. The lowest BCUT2D eigenvalue weighted by molar-refractivity contribution is -0.122. The standard InChI is InChI=1S/C20H12Cl2N2O5/c1-2-7-29-17-15(21)9-11(10-16(17)22)8-14-18(26)23-20(28)24(19(14)27)12-3-5-13(25)6-4-12/h1,3-6,8-10,25H,7H2,(H,23,26,28)/b14-8-. The Balaban J connectivity index is 1.98. The molecule has 1 heterocycles. The van der Waals surface area contributed by atoms with Crippen LogP contribution in [0.2, 0.25) is 10.0 Å². The van der Waals surface area contributed by atoms with Gasteiger partial charge in [-0.25, -0.2) is 9.69 Å². The summed E-state index contributed by atoms with van der Waals surface area (Å²) in [4.78, 5) is 38.0. The van der Waals surface area contributed by atoms with Gasteiger partial charge in [0.2, 0.25) is 0 Å². The van der Waals surface area contributed by atoms with Crippen LogP contribution >= 0.6 is 23.2 Å². The van der Waals surface area contributed by atoms with Crippen LogP contribution in [0.1, 0.15) is 5.56 Å². The van der Waals surface area contributed by atoms with E-state index in [0.717, 1.165) is 4.90 Å². The number of benzene rings is 2. The first-order valence-corrected chi connectivity index (χ1v) is 8.83. The Labute approximate surface area is 175 Å². The van der Waals surface area contributed by atoms with Gasteiger partial charge in [-0.3, -0.25) is 14.9 Å². The zero-order valence-electron chi connectivity index (χ0n) is 14.6. The second-order valence-electron chi connectivity index (χ2n) is 5.78. The Kier molecular flexibility index (Phi) is 5.78. The van der Waals surface area contributed by atoms with Crippen LogP contribution < -0.4 is 15.0 Å². The third-order valence-electron chi connectivity index (χ3n) is 3.84. The molecule has 9 heteroatoms. The predicted molar refractivity (Wildman–Crippen MR) is 108 cm³/mol. The summed E-state index contributed by atoms with van der Waals surface area (Å²) < 4.78 is 5.26. The van der Waals surface area contributed by atoms with Crippen molar-refractivity contribution in [3.8, 4) is 23.8 Å². The number of hydrogen-bond donors (Lipinski definition) is 2. The number of anilines is 1. The molecule has 0 atom stereocenters. The number of ether oxygens (including phenoxy) is 1. The summed E-state index contributed by atoms with van der Waals surface area (Å²) in [6.07, 6.45) is 6.39. The number of barbiturate groups is 1. The fraction of sp³-hybridized carbons (Fsp3) is 0.0500. The Morgan fingerprint density at radius 1 is 1.14 bits per heavy atom. The van der Waals surface area contributed by atoms with E-state index < -0.39 is 17.8 Å². The molecule has 0 unspecified atom stereocenters. The largest absolute Gasteiger partial charge is 0.508 e. The highest BCUT2D eigenvalue weighted by Gasteiger charge is 2.36. The van der Waals surface area contributed by atoms with Gasteiger partial charge in [0, 0.05) is 0 Å². The van der Waals surface area contributed by atoms with E-state index in [2.05, 4.69) is 11.2 Å². The molecule has 0 bridgehead atoms. The van der Waals surface area contributed by atoms with Gasteiger partial charge in [0.05, 0.1) is 15.7 Å². The molecule has 1 aliphatic heterocycles. The number of nitrogens with zero attached hydrogens (tertiary/aromatic N) is 1. The van der Waals surface area contributed by atoms with Crippen molar-refractivity contribution in [2.45, 2.75) is 0 Å². The number of terminal acetylenes is 1. The minimum atomic E-state index is -0.906. The predicted octanol–water partition coefficient (Wildman–Crippen LogP) is 3.38. The lowest BCUT2D eigenvalue weighted by Crippen LogP contribution is -2.54. The number of carbonyl (C=O) groups is 3. The first-order chi connectivity index (χ1) is 13.8. The Morgan fingerprint density at radius 2 is 1.76 bits per heavy atom. The van der Waals surface area contributed by atoms with Gasteiger partial charge >= 0.3 is 6.03 Å². The van der Waals surface area contributed by atoms with Crippen LogP contribution in [0.25, 0.3) is 6.08 Å². The fourth-order valence-corrected chi connectivity index (χ4v) is 3.19. The maximum absolute atomic E-state index is 12.8. The zero-order chi connectivity index (χ0) is 21.1. The van der Waals surface area contributed by atoms with Gasteiger partial charge < -0.3 is 9.84 Å². The molecule has 146 valence electrons. The number of urea groups is 1. The van der Waals surface area contributed by atoms with Crippen molar-refractivity contribution in [3.63, 3.8) is 0 Å². The number of aromatic hydroxyl groups is 1. The molecule has 0 radical (unpaired) electrons. The van der Waals surface area contributed by atoms with Crippen LogP contribution in [-0.2, 0) is 9.59 Å². The summed E-state index contributed by atoms with van der Waals surface area (Å²) in [7, 11) is 0. The topological polar surface area (TPSA) is 95.9 Å². The third-order valence-corrected chi connectivity index (χ3v) is 4.40. The molecule has 29 heavy (non-hydrogen) atoms. The number of phenolic OH excluding ortho intramolecular Hbond substituents is 1. The summed E-state index contributed by atoms with van der Waals surface area (Å²) in [5.74, 6) is 0.714. The molecule has 1 saturated heterocycles. The van der Waals surface area contributed by atoms with Crippen molar-refractivity contribution in [1.82, 2.24) is 5.32 Å². The molecule has 2 N–H and O–H groups in total. The number of halogens is 2. The van der Waals surface area contributed by atoms with E-state index >= 15 is 0 Å². The van der Waals surface area contributed by atoms with E-state index in [4.69, 9.17) is 34.4 Å². The molecule has 4 amide bonds. The van der Waals surface area contributed by atoms with E-state index in [0.29, 0.717) is 5.56 Å². The molecule has 0 spiro atoms. The third kappa shape index (κ3) is 4.19. The first kappa shape index (κ1) is 20.3. The van der Waals surface area contributed by atoms with Crippen LogP contribution in [0.5, 0.6) is 11.5 Å². The molecule has 0 aromatic heterocycles. The maximum Gasteiger partial charge on any atom is 0.335 e. The molecule has 0 saturated carbocycles. The van der Waals surface area contributed by atoms with Gasteiger partial charge in [-0.2, -0.15) is 0 Å². The quantitative estimate of drug-likeness (QED) is 0.440.